The number of anilines is 1. The Bertz CT molecular complexity index is 545. The first-order valence-electron chi connectivity index (χ1n) is 6.47. The largest absolute Gasteiger partial charge is 0.416 e. The maximum atomic E-state index is 12.6. The van der Waals surface area contributed by atoms with Gasteiger partial charge in [-0.3, -0.25) is 9.59 Å². The fourth-order valence-corrected chi connectivity index (χ4v) is 1.79. The molecule has 0 radical (unpaired) electrons. The van der Waals surface area contributed by atoms with Gasteiger partial charge < -0.3 is 15.3 Å². The van der Waals surface area contributed by atoms with E-state index in [1.54, 1.807) is 0 Å². The van der Waals surface area contributed by atoms with Gasteiger partial charge in [0.1, 0.15) is 0 Å². The van der Waals surface area contributed by atoms with Crippen molar-refractivity contribution in [2.24, 2.45) is 0 Å². The number of hydrogen-bond acceptors (Lipinski definition) is 4. The van der Waals surface area contributed by atoms with E-state index < -0.39 is 23.8 Å². The van der Waals surface area contributed by atoms with Crippen LogP contribution in [0.1, 0.15) is 22.8 Å². The molecule has 1 atom stereocenters. The van der Waals surface area contributed by atoms with Crippen LogP contribution in [0.5, 0.6) is 0 Å². The van der Waals surface area contributed by atoms with Crippen molar-refractivity contribution in [2.75, 3.05) is 25.0 Å². The first kappa shape index (κ1) is 18.0. The summed E-state index contributed by atoms with van der Waals surface area (Å²) in [7, 11) is 1.48. The number of nitrogens with zero attached hydrogens (tertiary/aromatic N) is 1. The Balaban J connectivity index is 2.87. The lowest BCUT2D eigenvalue weighted by Gasteiger charge is -2.21. The number of carbonyl (C=O) groups excluding carboxylic acids is 2. The molecule has 0 aliphatic rings. The van der Waals surface area contributed by atoms with Gasteiger partial charge in [-0.05, 0) is 25.1 Å². The lowest BCUT2D eigenvalue weighted by atomic mass is 10.1. The van der Waals surface area contributed by atoms with Crippen LogP contribution in [0.3, 0.4) is 0 Å². The SMILES string of the molecule is CC(O)CNC(=O)CN(C)c1ccc(C(F)(F)F)cc1C=O. The molecule has 0 fully saturated rings. The van der Waals surface area contributed by atoms with Crippen molar-refractivity contribution < 1.29 is 27.9 Å². The molecule has 0 bridgehead atoms. The topological polar surface area (TPSA) is 69.6 Å². The summed E-state index contributed by atoms with van der Waals surface area (Å²) >= 11 is 0. The first-order chi connectivity index (χ1) is 10.1. The predicted molar refractivity (Wildman–Crippen MR) is 74.8 cm³/mol. The summed E-state index contributed by atoms with van der Waals surface area (Å²) in [6.45, 7) is 1.42. The summed E-state index contributed by atoms with van der Waals surface area (Å²) in [5.41, 5.74) is -0.860. The third-order valence-corrected chi connectivity index (χ3v) is 2.87. The number of amides is 1. The van der Waals surface area contributed by atoms with Crippen LogP contribution in [0.25, 0.3) is 0 Å². The minimum absolute atomic E-state index is 0.0697. The Hall–Kier alpha value is -2.09. The summed E-state index contributed by atoms with van der Waals surface area (Å²) in [6, 6.07) is 2.74. The summed E-state index contributed by atoms with van der Waals surface area (Å²) in [5, 5.41) is 11.5. The molecule has 0 spiro atoms. The fourth-order valence-electron chi connectivity index (χ4n) is 1.79. The van der Waals surface area contributed by atoms with Crippen LogP contribution in [0.15, 0.2) is 18.2 Å². The van der Waals surface area contributed by atoms with Gasteiger partial charge in [0.05, 0.1) is 18.2 Å². The van der Waals surface area contributed by atoms with E-state index in [0.29, 0.717) is 6.29 Å². The van der Waals surface area contributed by atoms with E-state index in [1.165, 1.54) is 18.9 Å². The number of alkyl halides is 3. The molecule has 0 saturated carbocycles. The first-order valence-corrected chi connectivity index (χ1v) is 6.47. The van der Waals surface area contributed by atoms with Gasteiger partial charge in [-0.2, -0.15) is 13.2 Å². The van der Waals surface area contributed by atoms with Gasteiger partial charge in [0.25, 0.3) is 0 Å². The van der Waals surface area contributed by atoms with Crippen LogP contribution in [-0.2, 0) is 11.0 Å². The number of aliphatic hydroxyl groups is 1. The smallest absolute Gasteiger partial charge is 0.392 e. The van der Waals surface area contributed by atoms with Gasteiger partial charge in [-0.15, -0.1) is 0 Å². The number of aliphatic hydroxyl groups excluding tert-OH is 1. The number of carbonyl (C=O) groups is 2. The summed E-state index contributed by atoms with van der Waals surface area (Å²) in [4.78, 5) is 24.0. The lowest BCUT2D eigenvalue weighted by Crippen LogP contribution is -2.38. The number of benzene rings is 1. The van der Waals surface area contributed by atoms with Gasteiger partial charge >= 0.3 is 6.18 Å². The molecular formula is C14H17F3N2O3. The molecule has 122 valence electrons. The molecule has 1 aromatic carbocycles. The van der Waals surface area contributed by atoms with E-state index in [2.05, 4.69) is 5.32 Å². The molecule has 5 nitrogen and oxygen atoms in total. The molecule has 22 heavy (non-hydrogen) atoms. The van der Waals surface area contributed by atoms with Crippen molar-refractivity contribution in [2.45, 2.75) is 19.2 Å². The second kappa shape index (κ2) is 7.26. The molecule has 1 amide bonds. The van der Waals surface area contributed by atoms with Crippen molar-refractivity contribution in [1.82, 2.24) is 5.32 Å². The Kier molecular flexibility index (Phi) is 5.92. The van der Waals surface area contributed by atoms with E-state index in [-0.39, 0.29) is 24.3 Å². The maximum Gasteiger partial charge on any atom is 0.416 e. The van der Waals surface area contributed by atoms with Gasteiger partial charge in [-0.25, -0.2) is 0 Å². The van der Waals surface area contributed by atoms with Crippen molar-refractivity contribution in [3.8, 4) is 0 Å². The number of aldehydes is 1. The molecule has 8 heteroatoms. The Morgan fingerprint density at radius 3 is 2.59 bits per heavy atom. The second-order valence-electron chi connectivity index (χ2n) is 4.90. The highest BCUT2D eigenvalue weighted by atomic mass is 19.4. The molecule has 0 aliphatic carbocycles. The van der Waals surface area contributed by atoms with Gasteiger partial charge in [-0.1, -0.05) is 0 Å². The zero-order chi connectivity index (χ0) is 16.9. The number of rotatable bonds is 6. The van der Waals surface area contributed by atoms with Gasteiger partial charge in [0, 0.05) is 24.8 Å². The third-order valence-electron chi connectivity index (χ3n) is 2.87. The van der Waals surface area contributed by atoms with E-state index >= 15 is 0 Å². The van der Waals surface area contributed by atoms with Crippen molar-refractivity contribution >= 4 is 17.9 Å². The zero-order valence-corrected chi connectivity index (χ0v) is 12.1. The van der Waals surface area contributed by atoms with Crippen LogP contribution >= 0.6 is 0 Å². The molecule has 1 rings (SSSR count). The third kappa shape index (κ3) is 5.03. The Labute approximate surface area is 125 Å². The molecule has 0 aliphatic heterocycles. The average Bonchev–Trinajstić information content (AvgIpc) is 2.43. The lowest BCUT2D eigenvalue weighted by molar-refractivity contribution is -0.137. The van der Waals surface area contributed by atoms with Crippen LogP contribution in [0.4, 0.5) is 18.9 Å². The molecule has 2 N–H and O–H groups in total. The highest BCUT2D eigenvalue weighted by Crippen LogP contribution is 2.32. The number of nitrogens with one attached hydrogen (secondary N) is 1. The number of likely N-dealkylation sites (N-methyl/N-ethyl adjacent to an activating group) is 1. The minimum Gasteiger partial charge on any atom is -0.392 e. The molecule has 1 unspecified atom stereocenters. The second-order valence-corrected chi connectivity index (χ2v) is 4.90. The van der Waals surface area contributed by atoms with Gasteiger partial charge in [0.2, 0.25) is 5.91 Å². The molecule has 0 heterocycles. The van der Waals surface area contributed by atoms with E-state index in [9.17, 15) is 22.8 Å². The maximum absolute atomic E-state index is 12.6. The normalized spacial score (nSPS) is 12.6. The average molecular weight is 318 g/mol. The van der Waals surface area contributed by atoms with Crippen molar-refractivity contribution in [3.05, 3.63) is 29.3 Å². The highest BCUT2D eigenvalue weighted by Gasteiger charge is 2.31. The van der Waals surface area contributed by atoms with E-state index in [4.69, 9.17) is 5.11 Å². The van der Waals surface area contributed by atoms with Crippen LogP contribution in [0, 0.1) is 0 Å². The monoisotopic (exact) mass is 318 g/mol. The zero-order valence-electron chi connectivity index (χ0n) is 12.1. The quantitative estimate of drug-likeness (QED) is 0.779. The van der Waals surface area contributed by atoms with E-state index in [1.807, 2.05) is 0 Å². The fraction of sp³-hybridized carbons (Fsp3) is 0.429. The van der Waals surface area contributed by atoms with Crippen molar-refractivity contribution in [1.29, 1.82) is 0 Å². The molecule has 0 aromatic heterocycles. The van der Waals surface area contributed by atoms with Crippen molar-refractivity contribution in [3.63, 3.8) is 0 Å². The summed E-state index contributed by atoms with van der Waals surface area (Å²) < 4.78 is 37.8. The minimum atomic E-state index is -4.54. The molecular weight excluding hydrogens is 301 g/mol. The summed E-state index contributed by atoms with van der Waals surface area (Å²) in [6.07, 6.45) is -4.93. The highest BCUT2D eigenvalue weighted by molar-refractivity contribution is 5.88. The Morgan fingerprint density at radius 1 is 1.45 bits per heavy atom. The molecule has 1 aromatic rings. The number of hydrogen-bond donors (Lipinski definition) is 2. The number of halogens is 3. The Morgan fingerprint density at radius 2 is 2.09 bits per heavy atom. The van der Waals surface area contributed by atoms with Crippen LogP contribution in [0.2, 0.25) is 0 Å². The molecule has 0 saturated heterocycles. The predicted octanol–water partition coefficient (Wildman–Crippen LogP) is 1.45. The van der Waals surface area contributed by atoms with Crippen LogP contribution in [-0.4, -0.2) is 43.5 Å². The van der Waals surface area contributed by atoms with E-state index in [0.717, 1.165) is 18.2 Å². The van der Waals surface area contributed by atoms with Gasteiger partial charge in [0.15, 0.2) is 6.29 Å². The standard InChI is InChI=1S/C14H17F3N2O3/c1-9(21)6-18-13(22)7-19(2)12-4-3-11(14(15,16)17)5-10(12)8-20/h3-5,8-9,21H,6-7H2,1-2H3,(H,18,22). The summed E-state index contributed by atoms with van der Waals surface area (Å²) in [5.74, 6) is -0.417. The van der Waals surface area contributed by atoms with Crippen LogP contribution < -0.4 is 10.2 Å².